The third-order valence-corrected chi connectivity index (χ3v) is 6.73. The predicted octanol–water partition coefficient (Wildman–Crippen LogP) is 6.47. The predicted molar refractivity (Wildman–Crippen MR) is 122 cm³/mol. The van der Waals surface area contributed by atoms with Gasteiger partial charge in [-0.1, -0.05) is 72.8 Å². The van der Waals surface area contributed by atoms with Crippen LogP contribution in [0.1, 0.15) is 31.2 Å². The van der Waals surface area contributed by atoms with Gasteiger partial charge in [-0.05, 0) is 54.3 Å². The average Bonchev–Trinajstić information content (AvgIpc) is 2.80. The number of carboxylic acids is 1. The van der Waals surface area contributed by atoms with Gasteiger partial charge < -0.3 is 5.11 Å². The van der Waals surface area contributed by atoms with E-state index < -0.39 is 17.7 Å². The number of rotatable bonds is 6. The lowest BCUT2D eigenvalue weighted by atomic mass is 9.79. The van der Waals surface area contributed by atoms with E-state index in [2.05, 4.69) is 41.3 Å². The van der Waals surface area contributed by atoms with Gasteiger partial charge in [0.25, 0.3) is 0 Å². The van der Waals surface area contributed by atoms with Gasteiger partial charge in [-0.3, -0.25) is 9.69 Å². The fourth-order valence-corrected chi connectivity index (χ4v) is 5.00. The molecule has 174 valence electrons. The fourth-order valence-electron chi connectivity index (χ4n) is 5.00. The molecule has 0 spiro atoms. The van der Waals surface area contributed by atoms with Gasteiger partial charge >= 0.3 is 12.1 Å². The summed E-state index contributed by atoms with van der Waals surface area (Å²) >= 11 is 0. The van der Waals surface area contributed by atoms with E-state index in [0.29, 0.717) is 19.4 Å². The minimum absolute atomic E-state index is 0.0131. The Kier molecular flexibility index (Phi) is 7.03. The van der Waals surface area contributed by atoms with Gasteiger partial charge in [0.1, 0.15) is 0 Å². The molecule has 3 nitrogen and oxygen atoms in total. The molecule has 2 aromatic rings. The molecule has 4 rings (SSSR count). The maximum Gasteiger partial charge on any atom is 0.416 e. The lowest BCUT2D eigenvalue weighted by Gasteiger charge is -2.43. The number of carboxylic acid groups (broad SMARTS) is 1. The zero-order valence-corrected chi connectivity index (χ0v) is 18.3. The molecule has 1 aliphatic heterocycles. The van der Waals surface area contributed by atoms with E-state index in [9.17, 15) is 23.1 Å². The van der Waals surface area contributed by atoms with Gasteiger partial charge in [0.2, 0.25) is 0 Å². The third-order valence-electron chi connectivity index (χ3n) is 6.73. The third kappa shape index (κ3) is 5.93. The summed E-state index contributed by atoms with van der Waals surface area (Å²) in [6.07, 6.45) is 1.68. The van der Waals surface area contributed by atoms with E-state index in [4.69, 9.17) is 0 Å². The van der Waals surface area contributed by atoms with E-state index in [1.54, 1.807) is 6.08 Å². The number of aliphatic carboxylic acids is 1. The monoisotopic (exact) mass is 455 g/mol. The molecule has 1 unspecified atom stereocenters. The molecule has 6 heteroatoms. The number of alkyl halides is 3. The number of likely N-dealkylation sites (tertiary alicyclic amines) is 1. The largest absolute Gasteiger partial charge is 0.481 e. The summed E-state index contributed by atoms with van der Waals surface area (Å²) in [6.45, 7) is 1.43. The molecule has 0 bridgehead atoms. The second kappa shape index (κ2) is 9.96. The molecule has 1 fully saturated rings. The first-order valence-electron chi connectivity index (χ1n) is 11.4. The number of halogens is 3. The van der Waals surface area contributed by atoms with E-state index in [0.717, 1.165) is 29.7 Å². The molecule has 33 heavy (non-hydrogen) atoms. The Morgan fingerprint density at radius 2 is 1.73 bits per heavy atom. The Hall–Kier alpha value is -2.86. The molecule has 0 aromatic heterocycles. The Morgan fingerprint density at radius 3 is 2.33 bits per heavy atom. The van der Waals surface area contributed by atoms with Crippen molar-refractivity contribution in [3.05, 3.63) is 84.0 Å². The van der Waals surface area contributed by atoms with Crippen LogP contribution in [0.4, 0.5) is 13.2 Å². The van der Waals surface area contributed by atoms with Gasteiger partial charge in [-0.15, -0.1) is 0 Å². The van der Waals surface area contributed by atoms with Crippen LogP contribution in [0.25, 0.3) is 11.1 Å². The fraction of sp³-hybridized carbons (Fsp3) is 0.370. The van der Waals surface area contributed by atoms with Crippen LogP contribution in [-0.2, 0) is 11.3 Å². The summed E-state index contributed by atoms with van der Waals surface area (Å²) < 4.78 is 39.1. The molecule has 0 amide bonds. The Morgan fingerprint density at radius 1 is 1.03 bits per heavy atom. The van der Waals surface area contributed by atoms with Gasteiger partial charge in [0.15, 0.2) is 0 Å². The number of carbonyl (C=O) groups is 1. The first-order chi connectivity index (χ1) is 15.8. The Bertz CT molecular complexity index is 1010. The molecule has 1 aliphatic carbocycles. The van der Waals surface area contributed by atoms with Crippen molar-refractivity contribution in [3.63, 3.8) is 0 Å². The number of nitrogens with zero attached hydrogens (tertiary/aromatic N) is 1. The zero-order valence-electron chi connectivity index (χ0n) is 18.3. The summed E-state index contributed by atoms with van der Waals surface area (Å²) in [5, 5.41) is 9.25. The standard InChI is InChI=1S/C27H28F3NO2/c28-27(29,30)24-12-10-23(11-13-24)25-16-20(17-26(32)33)14-15-31(25)18-19-6-8-22(9-7-19)21-4-2-1-3-5-21/h1-10,12-13,20,23,25H,11,14-18H2,(H,32,33)/t20-,23?,25+/m0/s1. The molecule has 1 heterocycles. The molecule has 3 atom stereocenters. The molecular formula is C27H28F3NO2. The lowest BCUT2D eigenvalue weighted by Crippen LogP contribution is -2.46. The van der Waals surface area contributed by atoms with Crippen molar-refractivity contribution < 1.29 is 23.1 Å². The number of allylic oxidation sites excluding steroid dienone is 3. The number of piperidine rings is 1. The van der Waals surface area contributed by atoms with Gasteiger partial charge in [0.05, 0.1) is 5.57 Å². The van der Waals surface area contributed by atoms with Crippen LogP contribution in [0.5, 0.6) is 0 Å². The number of hydrogen-bond acceptors (Lipinski definition) is 2. The second-order valence-electron chi connectivity index (χ2n) is 9.00. The van der Waals surface area contributed by atoms with E-state index in [1.165, 1.54) is 12.2 Å². The maximum absolute atomic E-state index is 13.0. The van der Waals surface area contributed by atoms with Crippen molar-refractivity contribution in [2.75, 3.05) is 6.54 Å². The first kappa shape index (κ1) is 23.3. The molecule has 1 saturated heterocycles. The quantitative estimate of drug-likeness (QED) is 0.542. The maximum atomic E-state index is 13.0. The van der Waals surface area contributed by atoms with Crippen LogP contribution >= 0.6 is 0 Å². The Balaban J connectivity index is 1.49. The summed E-state index contributed by atoms with van der Waals surface area (Å²) in [4.78, 5) is 13.6. The normalized spacial score (nSPS) is 23.8. The van der Waals surface area contributed by atoms with Crippen LogP contribution < -0.4 is 0 Å². The Labute approximate surface area is 192 Å². The minimum atomic E-state index is -4.33. The van der Waals surface area contributed by atoms with Crippen molar-refractivity contribution in [2.45, 2.75) is 44.4 Å². The van der Waals surface area contributed by atoms with Crippen molar-refractivity contribution >= 4 is 5.97 Å². The molecule has 2 aliphatic rings. The van der Waals surface area contributed by atoms with Gasteiger partial charge in [0, 0.05) is 19.0 Å². The van der Waals surface area contributed by atoms with Crippen molar-refractivity contribution in [1.29, 1.82) is 0 Å². The van der Waals surface area contributed by atoms with Crippen LogP contribution in [0.3, 0.4) is 0 Å². The first-order valence-corrected chi connectivity index (χ1v) is 11.4. The van der Waals surface area contributed by atoms with Gasteiger partial charge in [-0.25, -0.2) is 0 Å². The highest BCUT2D eigenvalue weighted by Gasteiger charge is 2.37. The lowest BCUT2D eigenvalue weighted by molar-refractivity contribution is -0.138. The van der Waals surface area contributed by atoms with Crippen LogP contribution in [0, 0.1) is 11.8 Å². The molecule has 0 saturated carbocycles. The van der Waals surface area contributed by atoms with E-state index >= 15 is 0 Å². The highest BCUT2D eigenvalue weighted by molar-refractivity contribution is 5.67. The smallest absolute Gasteiger partial charge is 0.416 e. The molecule has 1 N–H and O–H groups in total. The summed E-state index contributed by atoms with van der Waals surface area (Å²) in [7, 11) is 0. The van der Waals surface area contributed by atoms with Crippen LogP contribution in [0.2, 0.25) is 0 Å². The topological polar surface area (TPSA) is 40.5 Å². The highest BCUT2D eigenvalue weighted by Crippen LogP contribution is 2.37. The summed E-state index contributed by atoms with van der Waals surface area (Å²) in [6, 6.07) is 18.5. The average molecular weight is 456 g/mol. The molecule has 2 aromatic carbocycles. The molecule has 0 radical (unpaired) electrons. The van der Waals surface area contributed by atoms with Crippen LogP contribution in [-0.4, -0.2) is 34.7 Å². The summed E-state index contributed by atoms with van der Waals surface area (Å²) in [5.41, 5.74) is 2.83. The van der Waals surface area contributed by atoms with Crippen LogP contribution in [0.15, 0.2) is 78.4 Å². The SMILES string of the molecule is O=C(O)C[C@H]1CCN(Cc2ccc(-c3ccccc3)cc2)[C@@H](C2C=CC(C(F)(F)F)=CC2)C1. The highest BCUT2D eigenvalue weighted by atomic mass is 19.4. The van der Waals surface area contributed by atoms with E-state index in [1.807, 2.05) is 18.2 Å². The van der Waals surface area contributed by atoms with Crippen molar-refractivity contribution in [1.82, 2.24) is 4.90 Å². The van der Waals surface area contributed by atoms with E-state index in [-0.39, 0.29) is 24.3 Å². The number of benzene rings is 2. The number of hydrogen-bond donors (Lipinski definition) is 1. The zero-order chi connectivity index (χ0) is 23.4. The van der Waals surface area contributed by atoms with Gasteiger partial charge in [-0.2, -0.15) is 13.2 Å². The van der Waals surface area contributed by atoms with Crippen molar-refractivity contribution in [3.8, 4) is 11.1 Å². The summed E-state index contributed by atoms with van der Waals surface area (Å²) in [5.74, 6) is -0.830. The second-order valence-corrected chi connectivity index (χ2v) is 9.00. The molecular weight excluding hydrogens is 427 g/mol. The van der Waals surface area contributed by atoms with Crippen molar-refractivity contribution in [2.24, 2.45) is 11.8 Å². The minimum Gasteiger partial charge on any atom is -0.481 e.